The summed E-state index contributed by atoms with van der Waals surface area (Å²) in [7, 11) is 0. The summed E-state index contributed by atoms with van der Waals surface area (Å²) in [6.07, 6.45) is 1.85. The highest BCUT2D eigenvalue weighted by atomic mass is 16.5. The molecule has 5 heteroatoms. The van der Waals surface area contributed by atoms with E-state index < -0.39 is 5.54 Å². The summed E-state index contributed by atoms with van der Waals surface area (Å²) in [6.45, 7) is 10.8. The number of piperazine rings is 1. The zero-order valence-electron chi connectivity index (χ0n) is 13.4. The molecule has 1 rings (SSSR count). The van der Waals surface area contributed by atoms with Crippen molar-refractivity contribution in [3.05, 3.63) is 0 Å². The third-order valence-corrected chi connectivity index (χ3v) is 4.28. The van der Waals surface area contributed by atoms with Crippen LogP contribution in [0.25, 0.3) is 0 Å². The topological polar surface area (TPSA) is 58.6 Å². The molecule has 0 saturated carbocycles. The van der Waals surface area contributed by atoms with Crippen LogP contribution in [0.5, 0.6) is 0 Å². The number of hydrogen-bond acceptors (Lipinski definition) is 3. The van der Waals surface area contributed by atoms with Gasteiger partial charge >= 0.3 is 0 Å². The highest BCUT2D eigenvalue weighted by molar-refractivity contribution is 6.00. The van der Waals surface area contributed by atoms with Crippen molar-refractivity contribution in [2.24, 2.45) is 0 Å². The normalized spacial score (nSPS) is 23.6. The van der Waals surface area contributed by atoms with Gasteiger partial charge in [-0.3, -0.25) is 9.59 Å². The highest BCUT2D eigenvalue weighted by Crippen LogP contribution is 2.27. The van der Waals surface area contributed by atoms with Crippen LogP contribution in [0.15, 0.2) is 0 Å². The second kappa shape index (κ2) is 7.07. The molecule has 20 heavy (non-hydrogen) atoms. The summed E-state index contributed by atoms with van der Waals surface area (Å²) in [4.78, 5) is 27.0. The zero-order chi connectivity index (χ0) is 15.3. The standard InChI is InChI=1S/C15H28N2O3/c1-6-12-13(18)16-15(7-2,8-3)14(19)17(12)11(5)10-20-9-4/h11-12H,6-10H2,1-5H3,(H,16,18). The summed E-state index contributed by atoms with van der Waals surface area (Å²) in [6, 6.07) is -0.472. The van der Waals surface area contributed by atoms with Crippen molar-refractivity contribution in [2.45, 2.75) is 71.5 Å². The molecule has 5 nitrogen and oxygen atoms in total. The minimum atomic E-state index is -0.747. The zero-order valence-corrected chi connectivity index (χ0v) is 13.4. The lowest BCUT2D eigenvalue weighted by Crippen LogP contribution is -2.71. The maximum atomic E-state index is 12.9. The third-order valence-electron chi connectivity index (χ3n) is 4.28. The number of carbonyl (C=O) groups excluding carboxylic acids is 2. The molecule has 1 heterocycles. The lowest BCUT2D eigenvalue weighted by molar-refractivity contribution is -0.159. The fourth-order valence-electron chi connectivity index (χ4n) is 2.87. The Balaban J connectivity index is 3.06. The van der Waals surface area contributed by atoms with Gasteiger partial charge in [0, 0.05) is 6.61 Å². The second-order valence-corrected chi connectivity index (χ2v) is 5.42. The molecule has 0 aliphatic carbocycles. The molecule has 2 atom stereocenters. The summed E-state index contributed by atoms with van der Waals surface area (Å²) < 4.78 is 5.43. The first kappa shape index (κ1) is 17.0. The first-order valence-corrected chi connectivity index (χ1v) is 7.69. The molecule has 0 bridgehead atoms. The smallest absolute Gasteiger partial charge is 0.249 e. The van der Waals surface area contributed by atoms with Gasteiger partial charge in [0.2, 0.25) is 11.8 Å². The summed E-state index contributed by atoms with van der Waals surface area (Å²) >= 11 is 0. The van der Waals surface area contributed by atoms with E-state index >= 15 is 0 Å². The van der Waals surface area contributed by atoms with Crippen molar-refractivity contribution < 1.29 is 14.3 Å². The summed E-state index contributed by atoms with van der Waals surface area (Å²) in [5.74, 6) is -0.0136. The molecular formula is C15H28N2O3. The van der Waals surface area contributed by atoms with Gasteiger partial charge in [-0.05, 0) is 33.1 Å². The quantitative estimate of drug-likeness (QED) is 0.774. The van der Waals surface area contributed by atoms with Crippen molar-refractivity contribution in [3.8, 4) is 0 Å². The molecule has 0 radical (unpaired) electrons. The molecule has 0 aromatic heterocycles. The summed E-state index contributed by atoms with van der Waals surface area (Å²) in [5.41, 5.74) is -0.747. The van der Waals surface area contributed by atoms with E-state index in [-0.39, 0.29) is 23.9 Å². The van der Waals surface area contributed by atoms with Crippen molar-refractivity contribution >= 4 is 11.8 Å². The van der Waals surface area contributed by atoms with E-state index in [1.165, 1.54) is 0 Å². The van der Waals surface area contributed by atoms with E-state index in [4.69, 9.17) is 4.74 Å². The van der Waals surface area contributed by atoms with Gasteiger partial charge in [-0.1, -0.05) is 20.8 Å². The maximum absolute atomic E-state index is 12.9. The Morgan fingerprint density at radius 3 is 2.30 bits per heavy atom. The molecule has 0 aromatic rings. The van der Waals surface area contributed by atoms with Crippen LogP contribution >= 0.6 is 0 Å². The van der Waals surface area contributed by atoms with Crippen LogP contribution in [0.3, 0.4) is 0 Å². The van der Waals surface area contributed by atoms with Gasteiger partial charge in [0.1, 0.15) is 11.6 Å². The van der Waals surface area contributed by atoms with Crippen molar-refractivity contribution in [1.82, 2.24) is 10.2 Å². The number of carbonyl (C=O) groups is 2. The van der Waals surface area contributed by atoms with Gasteiger partial charge in [0.25, 0.3) is 0 Å². The van der Waals surface area contributed by atoms with E-state index in [0.717, 1.165) is 0 Å². The SMILES string of the molecule is CCOCC(C)N1C(=O)C(CC)(CC)NC(=O)C1CC. The van der Waals surface area contributed by atoms with Crippen LogP contribution in [-0.4, -0.2) is 47.6 Å². The molecule has 1 N–H and O–H groups in total. The van der Waals surface area contributed by atoms with E-state index in [2.05, 4.69) is 5.32 Å². The van der Waals surface area contributed by atoms with Crippen LogP contribution < -0.4 is 5.32 Å². The number of ether oxygens (including phenoxy) is 1. The Labute approximate surface area is 122 Å². The Hall–Kier alpha value is -1.10. The van der Waals surface area contributed by atoms with E-state index in [9.17, 15) is 9.59 Å². The first-order valence-electron chi connectivity index (χ1n) is 7.69. The Morgan fingerprint density at radius 2 is 1.85 bits per heavy atom. The number of nitrogens with one attached hydrogen (secondary N) is 1. The molecule has 116 valence electrons. The molecule has 0 aromatic carbocycles. The Morgan fingerprint density at radius 1 is 1.25 bits per heavy atom. The molecule has 1 aliphatic rings. The van der Waals surface area contributed by atoms with Crippen LogP contribution in [0.2, 0.25) is 0 Å². The van der Waals surface area contributed by atoms with Gasteiger partial charge in [0.05, 0.1) is 12.6 Å². The summed E-state index contributed by atoms with van der Waals surface area (Å²) in [5, 5.41) is 2.95. The molecule has 2 amide bonds. The van der Waals surface area contributed by atoms with Crippen LogP contribution in [-0.2, 0) is 14.3 Å². The van der Waals surface area contributed by atoms with Crippen molar-refractivity contribution in [3.63, 3.8) is 0 Å². The molecule has 2 unspecified atom stereocenters. The fraction of sp³-hybridized carbons (Fsp3) is 0.867. The fourth-order valence-corrected chi connectivity index (χ4v) is 2.87. The third kappa shape index (κ3) is 2.97. The molecular weight excluding hydrogens is 256 g/mol. The van der Waals surface area contributed by atoms with E-state index in [0.29, 0.717) is 32.5 Å². The van der Waals surface area contributed by atoms with Gasteiger partial charge in [-0.2, -0.15) is 0 Å². The molecule has 0 spiro atoms. The molecule has 1 fully saturated rings. The largest absolute Gasteiger partial charge is 0.380 e. The van der Waals surface area contributed by atoms with Gasteiger partial charge in [-0.15, -0.1) is 0 Å². The van der Waals surface area contributed by atoms with Gasteiger partial charge in [-0.25, -0.2) is 0 Å². The maximum Gasteiger partial charge on any atom is 0.249 e. The lowest BCUT2D eigenvalue weighted by Gasteiger charge is -2.47. The molecule has 1 aliphatic heterocycles. The predicted molar refractivity (Wildman–Crippen MR) is 78.3 cm³/mol. The van der Waals surface area contributed by atoms with Gasteiger partial charge in [0.15, 0.2) is 0 Å². The van der Waals surface area contributed by atoms with Crippen LogP contribution in [0.4, 0.5) is 0 Å². The van der Waals surface area contributed by atoms with Crippen molar-refractivity contribution in [1.29, 1.82) is 0 Å². The van der Waals surface area contributed by atoms with Gasteiger partial charge < -0.3 is 15.0 Å². The minimum absolute atomic E-state index is 0.0288. The minimum Gasteiger partial charge on any atom is -0.380 e. The number of nitrogens with zero attached hydrogens (tertiary/aromatic N) is 1. The second-order valence-electron chi connectivity index (χ2n) is 5.42. The Bertz CT molecular complexity index is 353. The average Bonchev–Trinajstić information content (AvgIpc) is 2.46. The first-order chi connectivity index (χ1) is 9.47. The van der Waals surface area contributed by atoms with Crippen LogP contribution in [0.1, 0.15) is 53.9 Å². The van der Waals surface area contributed by atoms with Crippen molar-refractivity contribution in [2.75, 3.05) is 13.2 Å². The van der Waals surface area contributed by atoms with E-state index in [1.807, 2.05) is 34.6 Å². The average molecular weight is 284 g/mol. The highest BCUT2D eigenvalue weighted by Gasteiger charge is 2.49. The number of hydrogen-bond donors (Lipinski definition) is 1. The predicted octanol–water partition coefficient (Wildman–Crippen LogP) is 1.71. The lowest BCUT2D eigenvalue weighted by atomic mass is 9.86. The number of rotatable bonds is 7. The molecule has 1 saturated heterocycles. The Kier molecular flexibility index (Phi) is 5.99. The number of amides is 2. The monoisotopic (exact) mass is 284 g/mol. The van der Waals surface area contributed by atoms with E-state index in [1.54, 1.807) is 4.90 Å². The van der Waals surface area contributed by atoms with Crippen LogP contribution in [0, 0.1) is 0 Å².